The first-order valence-electron chi connectivity index (χ1n) is 6.83. The minimum atomic E-state index is -0.554. The van der Waals surface area contributed by atoms with E-state index < -0.39 is 5.91 Å². The minimum Gasteiger partial charge on any atom is -0.364 e. The highest BCUT2D eigenvalue weighted by Crippen LogP contribution is 2.25. The molecule has 3 aromatic heterocycles. The zero-order chi connectivity index (χ0) is 17.3. The molecule has 4 N–H and O–H groups in total. The van der Waals surface area contributed by atoms with E-state index in [1.165, 1.54) is 15.9 Å². The summed E-state index contributed by atoms with van der Waals surface area (Å²) in [7, 11) is 0. The number of thiazole rings is 2. The fourth-order valence-corrected chi connectivity index (χ4v) is 3.52. The fourth-order valence-electron chi connectivity index (χ4n) is 2.05. The number of primary amides is 1. The minimum absolute atomic E-state index is 0.0565. The summed E-state index contributed by atoms with van der Waals surface area (Å²) in [6.45, 7) is 1.72. The van der Waals surface area contributed by atoms with Gasteiger partial charge >= 0.3 is 4.87 Å². The van der Waals surface area contributed by atoms with Crippen molar-refractivity contribution in [2.24, 2.45) is 5.73 Å². The molecule has 0 saturated heterocycles. The van der Waals surface area contributed by atoms with Crippen LogP contribution in [-0.2, 0) is 11.3 Å². The number of aromatic amines is 1. The first kappa shape index (κ1) is 16.1. The van der Waals surface area contributed by atoms with Crippen LogP contribution in [0.1, 0.15) is 16.2 Å². The lowest BCUT2D eigenvalue weighted by Gasteiger charge is -2.03. The van der Waals surface area contributed by atoms with Gasteiger partial charge in [0, 0.05) is 28.2 Å². The van der Waals surface area contributed by atoms with Crippen molar-refractivity contribution in [2.45, 2.75) is 13.5 Å². The van der Waals surface area contributed by atoms with Gasteiger partial charge in [0.2, 0.25) is 5.91 Å². The molecule has 0 atom stereocenters. The van der Waals surface area contributed by atoms with Gasteiger partial charge in [0.15, 0.2) is 5.13 Å². The molecule has 3 rings (SSSR count). The van der Waals surface area contributed by atoms with Crippen molar-refractivity contribution in [2.75, 3.05) is 5.32 Å². The molecule has 10 heteroatoms. The van der Waals surface area contributed by atoms with Crippen LogP contribution >= 0.6 is 22.7 Å². The second kappa shape index (κ2) is 6.42. The summed E-state index contributed by atoms with van der Waals surface area (Å²) in [6.07, 6.45) is 1.62. The van der Waals surface area contributed by atoms with E-state index in [9.17, 15) is 14.4 Å². The molecule has 124 valence electrons. The van der Waals surface area contributed by atoms with Gasteiger partial charge in [0.05, 0.1) is 5.69 Å². The van der Waals surface area contributed by atoms with Crippen molar-refractivity contribution in [1.29, 1.82) is 0 Å². The van der Waals surface area contributed by atoms with Crippen LogP contribution in [0.4, 0.5) is 5.13 Å². The van der Waals surface area contributed by atoms with Crippen molar-refractivity contribution in [3.8, 4) is 11.3 Å². The number of carbonyl (C=O) groups excluding carboxylic acids is 2. The number of amides is 2. The predicted molar refractivity (Wildman–Crippen MR) is 92.4 cm³/mol. The molecule has 2 amide bonds. The predicted octanol–water partition coefficient (Wildman–Crippen LogP) is 1.41. The molecule has 3 heterocycles. The average Bonchev–Trinajstić information content (AvgIpc) is 3.23. The van der Waals surface area contributed by atoms with Crippen LogP contribution < -0.4 is 15.9 Å². The summed E-state index contributed by atoms with van der Waals surface area (Å²) >= 11 is 2.31. The van der Waals surface area contributed by atoms with Crippen LogP contribution in [0.25, 0.3) is 11.3 Å². The quantitative estimate of drug-likeness (QED) is 0.634. The van der Waals surface area contributed by atoms with Crippen molar-refractivity contribution < 1.29 is 9.59 Å². The number of nitrogens with one attached hydrogen (secondary N) is 2. The van der Waals surface area contributed by atoms with Gasteiger partial charge in [0.1, 0.15) is 12.2 Å². The van der Waals surface area contributed by atoms with Gasteiger partial charge in [-0.3, -0.25) is 19.0 Å². The van der Waals surface area contributed by atoms with Crippen molar-refractivity contribution in [1.82, 2.24) is 14.5 Å². The molecule has 0 aliphatic heterocycles. The van der Waals surface area contributed by atoms with E-state index in [0.717, 1.165) is 17.0 Å². The van der Waals surface area contributed by atoms with Gasteiger partial charge in [0.25, 0.3) is 5.91 Å². The number of anilines is 1. The van der Waals surface area contributed by atoms with E-state index in [0.29, 0.717) is 16.4 Å². The van der Waals surface area contributed by atoms with E-state index in [1.807, 2.05) is 0 Å². The molecular weight excluding hydrogens is 350 g/mol. The molecule has 24 heavy (non-hydrogen) atoms. The third-order valence-corrected chi connectivity index (χ3v) is 4.91. The summed E-state index contributed by atoms with van der Waals surface area (Å²) in [5.74, 6) is -0.882. The Balaban J connectivity index is 1.70. The monoisotopic (exact) mass is 363 g/mol. The van der Waals surface area contributed by atoms with Gasteiger partial charge in [-0.2, -0.15) is 0 Å². The smallest absolute Gasteiger partial charge is 0.307 e. The number of hydrogen-bond donors (Lipinski definition) is 3. The van der Waals surface area contributed by atoms with Gasteiger partial charge in [-0.15, -0.1) is 11.3 Å². The van der Waals surface area contributed by atoms with E-state index in [-0.39, 0.29) is 23.0 Å². The maximum absolute atomic E-state index is 12.1. The van der Waals surface area contributed by atoms with Crippen LogP contribution in [0, 0.1) is 6.92 Å². The zero-order valence-corrected chi connectivity index (χ0v) is 14.2. The normalized spacial score (nSPS) is 10.7. The molecule has 0 fully saturated rings. The number of aryl methyl sites for hydroxylation is 1. The molecule has 0 saturated carbocycles. The number of rotatable bonds is 5. The highest BCUT2D eigenvalue weighted by atomic mass is 32.1. The molecule has 0 bridgehead atoms. The third kappa shape index (κ3) is 3.29. The Morgan fingerprint density at radius 2 is 2.17 bits per heavy atom. The molecule has 0 aliphatic carbocycles. The number of carbonyl (C=O) groups is 2. The van der Waals surface area contributed by atoms with Crippen LogP contribution in [0.15, 0.2) is 27.8 Å². The van der Waals surface area contributed by atoms with Gasteiger partial charge in [-0.25, -0.2) is 4.98 Å². The van der Waals surface area contributed by atoms with Crippen LogP contribution in [0.2, 0.25) is 0 Å². The Morgan fingerprint density at radius 1 is 1.38 bits per heavy atom. The van der Waals surface area contributed by atoms with Crippen LogP contribution in [-0.4, -0.2) is 26.3 Å². The number of aromatic nitrogens is 3. The lowest BCUT2D eigenvalue weighted by atomic mass is 10.2. The summed E-state index contributed by atoms with van der Waals surface area (Å²) in [5, 5.41) is 6.54. The Morgan fingerprint density at radius 3 is 2.79 bits per heavy atom. The van der Waals surface area contributed by atoms with Crippen LogP contribution in [0.5, 0.6) is 0 Å². The lowest BCUT2D eigenvalue weighted by Crippen LogP contribution is -2.25. The van der Waals surface area contributed by atoms with Crippen molar-refractivity contribution in [3.63, 3.8) is 0 Å². The molecule has 0 unspecified atom stereocenters. The second-order valence-electron chi connectivity index (χ2n) is 4.98. The van der Waals surface area contributed by atoms with Gasteiger partial charge in [-0.1, -0.05) is 11.3 Å². The maximum atomic E-state index is 12.1. The SMILES string of the molecule is Cc1csc(=O)n1CC(=O)Nc1nc(-c2c[nH]c(C(N)=O)c2)cs1. The second-order valence-corrected chi connectivity index (χ2v) is 6.66. The lowest BCUT2D eigenvalue weighted by molar-refractivity contribution is -0.116. The van der Waals surface area contributed by atoms with E-state index in [1.54, 1.807) is 29.9 Å². The number of hydrogen-bond acceptors (Lipinski definition) is 6. The average molecular weight is 363 g/mol. The van der Waals surface area contributed by atoms with Crippen molar-refractivity contribution >= 4 is 39.6 Å². The van der Waals surface area contributed by atoms with E-state index in [2.05, 4.69) is 15.3 Å². The molecule has 0 spiro atoms. The molecule has 0 aliphatic rings. The largest absolute Gasteiger partial charge is 0.364 e. The first-order valence-corrected chi connectivity index (χ1v) is 8.59. The molecule has 8 nitrogen and oxygen atoms in total. The summed E-state index contributed by atoms with van der Waals surface area (Å²) in [5.41, 5.74) is 7.54. The summed E-state index contributed by atoms with van der Waals surface area (Å²) < 4.78 is 1.40. The Hall–Kier alpha value is -2.72. The maximum Gasteiger partial charge on any atom is 0.307 e. The van der Waals surface area contributed by atoms with E-state index >= 15 is 0 Å². The van der Waals surface area contributed by atoms with E-state index in [4.69, 9.17) is 5.73 Å². The first-order chi connectivity index (χ1) is 11.4. The highest BCUT2D eigenvalue weighted by molar-refractivity contribution is 7.14. The standard InChI is InChI=1S/C14H13N5O3S2/c1-7-5-24-14(22)19(7)4-11(20)18-13-17-10(6-23-13)8-2-9(12(15)21)16-3-8/h2-3,5-6,16H,4H2,1H3,(H2,15,21)(H,17,18,20). The Labute approximate surface area is 144 Å². The fraction of sp³-hybridized carbons (Fsp3) is 0.143. The Bertz CT molecular complexity index is 965. The highest BCUT2D eigenvalue weighted by Gasteiger charge is 2.13. The van der Waals surface area contributed by atoms with Gasteiger partial charge < -0.3 is 16.0 Å². The van der Waals surface area contributed by atoms with Crippen LogP contribution in [0.3, 0.4) is 0 Å². The topological polar surface area (TPSA) is 123 Å². The number of nitrogens with two attached hydrogens (primary N) is 1. The third-order valence-electron chi connectivity index (χ3n) is 3.27. The van der Waals surface area contributed by atoms with Gasteiger partial charge in [-0.05, 0) is 13.0 Å². The molecule has 0 radical (unpaired) electrons. The Kier molecular flexibility index (Phi) is 4.32. The zero-order valence-electron chi connectivity index (χ0n) is 12.5. The molecule has 3 aromatic rings. The number of nitrogens with zero attached hydrogens (tertiary/aromatic N) is 2. The summed E-state index contributed by atoms with van der Waals surface area (Å²) in [4.78, 5) is 41.7. The molecule has 0 aromatic carbocycles. The summed E-state index contributed by atoms with van der Waals surface area (Å²) in [6, 6.07) is 1.59. The number of H-pyrrole nitrogens is 1. The van der Waals surface area contributed by atoms with Crippen molar-refractivity contribution in [3.05, 3.63) is 44.1 Å². The molecular formula is C14H13N5O3S2.